The summed E-state index contributed by atoms with van der Waals surface area (Å²) in [6, 6.07) is 0. The molecule has 0 bridgehead atoms. The lowest BCUT2D eigenvalue weighted by atomic mass is 9.33. The number of esters is 1. The van der Waals surface area contributed by atoms with Gasteiger partial charge in [0.1, 0.15) is 122 Å². The van der Waals surface area contributed by atoms with E-state index in [-0.39, 0.29) is 35.9 Å². The highest BCUT2D eigenvalue weighted by molar-refractivity contribution is 5.79. The van der Waals surface area contributed by atoms with Crippen LogP contribution in [0.1, 0.15) is 120 Å². The predicted molar refractivity (Wildman–Crippen MR) is 315 cm³/mol. The van der Waals surface area contributed by atoms with Crippen molar-refractivity contribution in [2.24, 2.45) is 50.2 Å². The maximum absolute atomic E-state index is 15.3. The molecule has 0 aromatic rings. The monoisotopic (exact) mass is 1350 g/mol. The average Bonchev–Trinajstić information content (AvgIpc) is 0.673. The molecule has 0 amide bonds. The van der Waals surface area contributed by atoms with E-state index in [9.17, 15) is 86.8 Å². The van der Waals surface area contributed by atoms with E-state index in [1.54, 1.807) is 0 Å². The van der Waals surface area contributed by atoms with Crippen LogP contribution >= 0.6 is 0 Å². The summed E-state index contributed by atoms with van der Waals surface area (Å²) in [6.45, 7) is 13.9. The van der Waals surface area contributed by atoms with Crippen LogP contribution in [0.25, 0.3) is 0 Å². The lowest BCUT2D eigenvalue weighted by Crippen LogP contribution is -2.67. The fourth-order valence-corrected chi connectivity index (χ4v) is 18.9. The first-order valence-corrected chi connectivity index (χ1v) is 33.5. The van der Waals surface area contributed by atoms with Gasteiger partial charge in [0.25, 0.3) is 0 Å². The minimum Gasteiger partial charge on any atom is -0.432 e. The van der Waals surface area contributed by atoms with Gasteiger partial charge in [-0.15, -0.1) is 0 Å². The molecule has 11 rings (SSSR count). The summed E-state index contributed by atoms with van der Waals surface area (Å²) in [4.78, 5) is 15.3. The third kappa shape index (κ3) is 12.5. The van der Waals surface area contributed by atoms with Crippen molar-refractivity contribution in [3.63, 3.8) is 0 Å². The lowest BCUT2D eigenvalue weighted by Gasteiger charge is -2.71. The molecule has 0 spiro atoms. The second-order valence-corrected chi connectivity index (χ2v) is 30.9. The van der Waals surface area contributed by atoms with Crippen LogP contribution in [-0.4, -0.2) is 304 Å². The predicted octanol–water partition coefficient (Wildman–Crippen LogP) is -4.08. The van der Waals surface area contributed by atoms with Crippen LogP contribution in [0.4, 0.5) is 0 Å². The first-order valence-electron chi connectivity index (χ1n) is 33.5. The molecule has 36 atom stereocenters. The minimum absolute atomic E-state index is 0.0362. The van der Waals surface area contributed by atoms with E-state index in [1.807, 2.05) is 0 Å². The second kappa shape index (κ2) is 27.5. The maximum atomic E-state index is 15.3. The zero-order valence-electron chi connectivity index (χ0n) is 54.6. The SMILES string of the molecule is C[C@@H]1O[C@H](O[C@H]2[C@@H](O[C@H]3CC[C@]4(C)[C@H]5CC=C6[C@@H]7CC(C)(C)CC[C@]7(C(=O)O[C@H]7O[C@@H](C)[C@H](O[C@@H]8O[C@H](CO[C@@H]9O[C@H](CO)[C@@H](O)[C@H](O)[C@H]9O)[C@@H](O)[C@@H](O)[C@H]8O)[C@@H](O)[C@H]7O)CC[C@@]6(CO)[C@]5(C)CC[C@H]4C3(C)C)OC[C@H](O)[C@@H]2O)[C@H](O[C@H]2OC[C@H](O)[C@H](O)[C@H]2O)[C@H](O)[C@H]1O. The van der Waals surface area contributed by atoms with E-state index < -0.39 is 231 Å². The van der Waals surface area contributed by atoms with Crippen LogP contribution in [0.3, 0.4) is 0 Å². The smallest absolute Gasteiger partial charge is 0.315 e. The van der Waals surface area contributed by atoms with Gasteiger partial charge in [0.2, 0.25) is 6.29 Å². The molecular weight excluding hydrogens is 1250 g/mol. The Morgan fingerprint density at radius 3 is 1.76 bits per heavy atom. The second-order valence-electron chi connectivity index (χ2n) is 30.9. The van der Waals surface area contributed by atoms with Gasteiger partial charge in [-0.25, -0.2) is 0 Å². The molecule has 0 aromatic carbocycles. The van der Waals surface area contributed by atoms with Crippen molar-refractivity contribution < 1.29 is 148 Å². The van der Waals surface area contributed by atoms with Gasteiger partial charge in [-0.1, -0.05) is 53.2 Å². The summed E-state index contributed by atoms with van der Waals surface area (Å²) < 4.78 is 71.8. The molecule has 94 heavy (non-hydrogen) atoms. The lowest BCUT2D eigenvalue weighted by molar-refractivity contribution is -0.386. The Bertz CT molecular complexity index is 2640. The summed E-state index contributed by atoms with van der Waals surface area (Å²) in [5.41, 5.74) is -2.49. The molecule has 30 heteroatoms. The Morgan fingerprint density at radius 2 is 1.07 bits per heavy atom. The van der Waals surface area contributed by atoms with E-state index >= 15 is 4.79 Å². The molecule has 6 heterocycles. The van der Waals surface area contributed by atoms with Gasteiger partial charge in [0, 0.05) is 5.41 Å². The summed E-state index contributed by atoms with van der Waals surface area (Å²) in [5, 5.41) is 185. The Morgan fingerprint density at radius 1 is 0.511 bits per heavy atom. The van der Waals surface area contributed by atoms with E-state index in [4.69, 9.17) is 56.8 Å². The Balaban J connectivity index is 0.773. The van der Waals surface area contributed by atoms with Crippen molar-refractivity contribution in [2.75, 3.05) is 33.0 Å². The first-order chi connectivity index (χ1) is 44.1. The number of carbonyl (C=O) groups excluding carboxylic acids is 1. The zero-order valence-corrected chi connectivity index (χ0v) is 54.6. The van der Waals surface area contributed by atoms with Crippen molar-refractivity contribution in [2.45, 2.75) is 298 Å². The number of fused-ring (bicyclic) bond motifs is 7. The summed E-state index contributed by atoms with van der Waals surface area (Å²) >= 11 is 0. The van der Waals surface area contributed by atoms with Gasteiger partial charge in [-0.05, 0) is 117 Å². The van der Waals surface area contributed by atoms with Gasteiger partial charge in [0.15, 0.2) is 31.5 Å². The van der Waals surface area contributed by atoms with Crippen LogP contribution in [0.15, 0.2) is 11.6 Å². The summed E-state index contributed by atoms with van der Waals surface area (Å²) in [6.07, 6.45) is -37.5. The van der Waals surface area contributed by atoms with Crippen molar-refractivity contribution in [1.29, 1.82) is 0 Å². The third-order valence-electron chi connectivity index (χ3n) is 24.7. The highest BCUT2D eigenvalue weighted by Gasteiger charge is 2.72. The van der Waals surface area contributed by atoms with E-state index in [2.05, 4.69) is 47.6 Å². The quantitative estimate of drug-likeness (QED) is 0.0421. The van der Waals surface area contributed by atoms with E-state index in [0.717, 1.165) is 12.0 Å². The van der Waals surface area contributed by atoms with Crippen LogP contribution in [0.5, 0.6) is 0 Å². The fraction of sp³-hybridized carbons (Fsp3) is 0.953. The topological polar surface area (TPSA) is 472 Å². The zero-order chi connectivity index (χ0) is 68.4. The highest BCUT2D eigenvalue weighted by atomic mass is 16.8. The molecule has 540 valence electrons. The fourth-order valence-electron chi connectivity index (χ4n) is 18.9. The van der Waals surface area contributed by atoms with Crippen molar-refractivity contribution >= 4 is 5.97 Å². The van der Waals surface area contributed by atoms with Crippen molar-refractivity contribution in [3.8, 4) is 0 Å². The normalized spacial score (nSPS) is 54.2. The molecular formula is C64H104O30. The van der Waals surface area contributed by atoms with E-state index in [1.165, 1.54) is 13.8 Å². The van der Waals surface area contributed by atoms with E-state index in [0.29, 0.717) is 57.8 Å². The molecule has 0 radical (unpaired) electrons. The molecule has 30 nitrogen and oxygen atoms in total. The number of aliphatic hydroxyl groups excluding tert-OH is 17. The third-order valence-corrected chi connectivity index (χ3v) is 24.7. The highest BCUT2D eigenvalue weighted by Crippen LogP contribution is 2.76. The number of carbonyl (C=O) groups is 1. The van der Waals surface area contributed by atoms with Gasteiger partial charge in [0.05, 0.1) is 56.8 Å². The Kier molecular flexibility index (Phi) is 21.4. The maximum Gasteiger partial charge on any atom is 0.315 e. The number of rotatable bonds is 15. The average molecular weight is 1350 g/mol. The number of aliphatic hydroxyl groups is 17. The Hall–Kier alpha value is -1.91. The van der Waals surface area contributed by atoms with Crippen LogP contribution in [0, 0.1) is 50.2 Å². The van der Waals surface area contributed by atoms with Gasteiger partial charge in [-0.3, -0.25) is 4.79 Å². The standard InChI is InChI=1S/C64H104O30/c1-25-36(69)43(76)51(92-53-45(78)37(70)29(67)21-83-53)57(86-25)93-50-38(71)30(68)22-84-56(50)90-35-12-13-61(7)33(60(35,5)6)11-14-62(8)34(61)10-9-27-28-19-59(3,4)15-16-63(28,17-18-64(27,62)24-66)58(82)94-54-48(81)44(77)49(26(2)87-54)91-55-47(80)42(75)40(73)32(89-55)23-85-52-46(79)41(74)39(72)31(20-65)88-52/h9,25-26,28-57,65-81H,10-24H2,1-8H3/t25-,26-,28-,29-,30-,31+,32+,33-,34+,35-,36-,37-,38-,39+,40+,41-,42+,43+,44-,45+,46+,47+,48+,49-,50+,51+,52+,53+,54+,55-,56+,57+,61-,62+,63-,64-/m0/s1. The molecule has 0 aromatic heterocycles. The molecule has 5 aliphatic carbocycles. The summed E-state index contributed by atoms with van der Waals surface area (Å²) in [7, 11) is 0. The molecule has 11 aliphatic rings. The molecule has 4 saturated carbocycles. The molecule has 10 fully saturated rings. The van der Waals surface area contributed by atoms with Gasteiger partial charge in [-0.2, -0.15) is 0 Å². The van der Waals surface area contributed by atoms with Crippen LogP contribution < -0.4 is 0 Å². The van der Waals surface area contributed by atoms with Crippen LogP contribution in [0.2, 0.25) is 0 Å². The first kappa shape index (κ1) is 73.3. The number of hydrogen-bond acceptors (Lipinski definition) is 30. The number of allylic oxidation sites excluding steroid dienone is 1. The number of ether oxygens (including phenoxy) is 12. The molecule has 17 N–H and O–H groups in total. The van der Waals surface area contributed by atoms with Gasteiger partial charge < -0.3 is 144 Å². The van der Waals surface area contributed by atoms with Crippen molar-refractivity contribution in [3.05, 3.63) is 11.6 Å². The minimum atomic E-state index is -1.93. The molecule has 6 aliphatic heterocycles. The molecule has 6 saturated heterocycles. The van der Waals surface area contributed by atoms with Crippen LogP contribution in [-0.2, 0) is 61.6 Å². The largest absolute Gasteiger partial charge is 0.432 e. The van der Waals surface area contributed by atoms with Crippen molar-refractivity contribution in [1.82, 2.24) is 0 Å². The summed E-state index contributed by atoms with van der Waals surface area (Å²) in [5.74, 6) is -0.954. The number of hydrogen-bond donors (Lipinski definition) is 17. The molecule has 0 unspecified atom stereocenters. The van der Waals surface area contributed by atoms with Gasteiger partial charge >= 0.3 is 5.97 Å². The Labute approximate surface area is 545 Å².